The van der Waals surface area contributed by atoms with Crippen LogP contribution in [0.4, 0.5) is 5.69 Å². The van der Waals surface area contributed by atoms with E-state index in [-0.39, 0.29) is 29.9 Å². The van der Waals surface area contributed by atoms with E-state index in [0.29, 0.717) is 6.42 Å². The number of anilines is 1. The molecule has 21 heavy (non-hydrogen) atoms. The van der Waals surface area contributed by atoms with Crippen molar-refractivity contribution in [1.82, 2.24) is 10.6 Å². The van der Waals surface area contributed by atoms with Gasteiger partial charge in [-0.3, -0.25) is 9.79 Å². The van der Waals surface area contributed by atoms with Crippen LogP contribution in [0, 0.1) is 0 Å². The summed E-state index contributed by atoms with van der Waals surface area (Å²) in [6.07, 6.45) is 2.33. The van der Waals surface area contributed by atoms with Gasteiger partial charge in [-0.15, -0.1) is 24.0 Å². The van der Waals surface area contributed by atoms with E-state index in [1.54, 1.807) is 7.05 Å². The van der Waals surface area contributed by atoms with E-state index >= 15 is 0 Å². The van der Waals surface area contributed by atoms with Crippen LogP contribution in [0.25, 0.3) is 0 Å². The number of rotatable bonds is 4. The molecule has 1 aromatic carbocycles. The molecule has 116 valence electrons. The zero-order valence-corrected chi connectivity index (χ0v) is 14.9. The van der Waals surface area contributed by atoms with Gasteiger partial charge in [0.2, 0.25) is 5.91 Å². The molecular formula is C15H23IN4O. The first kappa shape index (κ1) is 17.7. The van der Waals surface area contributed by atoms with Crippen molar-refractivity contribution in [2.24, 2.45) is 4.99 Å². The molecule has 0 fully saturated rings. The van der Waals surface area contributed by atoms with E-state index in [1.807, 2.05) is 30.1 Å². The van der Waals surface area contributed by atoms with Gasteiger partial charge in [0.15, 0.2) is 5.96 Å². The smallest absolute Gasteiger partial charge is 0.227 e. The maximum Gasteiger partial charge on any atom is 0.227 e. The summed E-state index contributed by atoms with van der Waals surface area (Å²) >= 11 is 0. The Morgan fingerprint density at radius 2 is 2.14 bits per heavy atom. The number of nitrogens with one attached hydrogen (secondary N) is 2. The lowest BCUT2D eigenvalue weighted by Gasteiger charge is -2.17. The highest BCUT2D eigenvalue weighted by Crippen LogP contribution is 2.27. The first-order chi connectivity index (χ1) is 9.76. The number of benzene rings is 1. The van der Waals surface area contributed by atoms with E-state index in [1.165, 1.54) is 5.56 Å². The van der Waals surface area contributed by atoms with Crippen molar-refractivity contribution in [2.45, 2.75) is 19.3 Å². The lowest BCUT2D eigenvalue weighted by molar-refractivity contribution is -0.118. The van der Waals surface area contributed by atoms with Crippen molar-refractivity contribution in [3.05, 3.63) is 29.8 Å². The quantitative estimate of drug-likeness (QED) is 0.349. The first-order valence-corrected chi connectivity index (χ1v) is 7.03. The van der Waals surface area contributed by atoms with Gasteiger partial charge >= 0.3 is 0 Å². The second-order valence-corrected chi connectivity index (χ2v) is 4.78. The van der Waals surface area contributed by atoms with Gasteiger partial charge in [0.25, 0.3) is 0 Å². The monoisotopic (exact) mass is 402 g/mol. The van der Waals surface area contributed by atoms with Gasteiger partial charge in [0.1, 0.15) is 0 Å². The van der Waals surface area contributed by atoms with Crippen molar-refractivity contribution in [2.75, 3.05) is 32.1 Å². The minimum atomic E-state index is 0. The summed E-state index contributed by atoms with van der Waals surface area (Å²) in [6, 6.07) is 8.14. The predicted octanol–water partition coefficient (Wildman–Crippen LogP) is 1.77. The van der Waals surface area contributed by atoms with Crippen molar-refractivity contribution < 1.29 is 4.79 Å². The molecule has 6 heteroatoms. The first-order valence-electron chi connectivity index (χ1n) is 7.03. The molecule has 1 amide bonds. The minimum absolute atomic E-state index is 0. The summed E-state index contributed by atoms with van der Waals surface area (Å²) in [5, 5.41) is 6.10. The summed E-state index contributed by atoms with van der Waals surface area (Å²) in [7, 11) is 3.55. The Kier molecular flexibility index (Phi) is 7.49. The fourth-order valence-corrected chi connectivity index (χ4v) is 2.46. The molecule has 1 heterocycles. The molecular weight excluding hydrogens is 379 g/mol. The molecule has 0 radical (unpaired) electrons. The molecule has 1 aliphatic heterocycles. The number of amides is 1. The van der Waals surface area contributed by atoms with Crippen LogP contribution in [0.1, 0.15) is 18.4 Å². The Hall–Kier alpha value is -1.31. The molecule has 2 N–H and O–H groups in total. The number of hydrogen-bond acceptors (Lipinski definition) is 2. The second kappa shape index (κ2) is 8.86. The Morgan fingerprint density at radius 3 is 2.86 bits per heavy atom. The van der Waals surface area contributed by atoms with Gasteiger partial charge in [0, 0.05) is 39.3 Å². The van der Waals surface area contributed by atoms with Crippen LogP contribution in [0.15, 0.2) is 29.3 Å². The second-order valence-electron chi connectivity index (χ2n) is 4.78. The summed E-state index contributed by atoms with van der Waals surface area (Å²) < 4.78 is 0. The van der Waals surface area contributed by atoms with Gasteiger partial charge in [-0.1, -0.05) is 18.2 Å². The summed E-state index contributed by atoms with van der Waals surface area (Å²) in [4.78, 5) is 18.2. The van der Waals surface area contributed by atoms with Crippen LogP contribution in [0.3, 0.4) is 0 Å². The molecule has 0 bridgehead atoms. The number of hydrogen-bond donors (Lipinski definition) is 2. The topological polar surface area (TPSA) is 56.7 Å². The molecule has 1 aromatic rings. The van der Waals surface area contributed by atoms with Crippen molar-refractivity contribution in [3.63, 3.8) is 0 Å². The van der Waals surface area contributed by atoms with Crippen LogP contribution in [0.2, 0.25) is 0 Å². The Morgan fingerprint density at radius 1 is 1.38 bits per heavy atom. The molecule has 0 saturated heterocycles. The van der Waals surface area contributed by atoms with Gasteiger partial charge in [-0.25, -0.2) is 0 Å². The van der Waals surface area contributed by atoms with E-state index in [2.05, 4.69) is 21.7 Å². The fourth-order valence-electron chi connectivity index (χ4n) is 2.46. The Labute approximate surface area is 143 Å². The largest absolute Gasteiger partial charge is 0.359 e. The number of para-hydroxylation sites is 1. The molecule has 0 saturated carbocycles. The molecule has 0 aliphatic carbocycles. The summed E-state index contributed by atoms with van der Waals surface area (Å²) in [5.74, 6) is 0.958. The van der Waals surface area contributed by atoms with Crippen LogP contribution in [-0.4, -0.2) is 39.1 Å². The predicted molar refractivity (Wildman–Crippen MR) is 97.6 cm³/mol. The third-order valence-corrected chi connectivity index (χ3v) is 3.51. The Balaban J connectivity index is 0.00000220. The number of aliphatic imine (C=N–C) groups is 1. The van der Waals surface area contributed by atoms with Crippen LogP contribution in [0.5, 0.6) is 0 Å². The van der Waals surface area contributed by atoms with Gasteiger partial charge in [-0.05, 0) is 24.5 Å². The van der Waals surface area contributed by atoms with Crippen molar-refractivity contribution in [3.8, 4) is 0 Å². The normalized spacial score (nSPS) is 13.4. The summed E-state index contributed by atoms with van der Waals surface area (Å²) in [6.45, 7) is 1.55. The highest BCUT2D eigenvalue weighted by atomic mass is 127. The van der Waals surface area contributed by atoms with Crippen LogP contribution < -0.4 is 15.5 Å². The highest BCUT2D eigenvalue weighted by molar-refractivity contribution is 14.0. The third-order valence-electron chi connectivity index (χ3n) is 3.51. The maximum atomic E-state index is 12.2. The zero-order chi connectivity index (χ0) is 14.4. The SMILES string of the molecule is CN=C(NC)NCCCC(=O)N1CCc2ccccc21.I. The summed E-state index contributed by atoms with van der Waals surface area (Å²) in [5.41, 5.74) is 2.35. The average molecular weight is 402 g/mol. The highest BCUT2D eigenvalue weighted by Gasteiger charge is 2.23. The molecule has 0 atom stereocenters. The van der Waals surface area contributed by atoms with Gasteiger partial charge in [-0.2, -0.15) is 0 Å². The third kappa shape index (κ3) is 4.59. The Bertz CT molecular complexity index is 504. The van der Waals surface area contributed by atoms with Crippen LogP contribution >= 0.6 is 24.0 Å². The van der Waals surface area contributed by atoms with E-state index in [0.717, 1.165) is 37.6 Å². The van der Waals surface area contributed by atoms with Gasteiger partial charge in [0.05, 0.1) is 0 Å². The average Bonchev–Trinajstić information content (AvgIpc) is 2.91. The van der Waals surface area contributed by atoms with E-state index in [4.69, 9.17) is 0 Å². The number of nitrogens with zero attached hydrogens (tertiary/aromatic N) is 2. The van der Waals surface area contributed by atoms with Crippen molar-refractivity contribution in [1.29, 1.82) is 0 Å². The van der Waals surface area contributed by atoms with E-state index in [9.17, 15) is 4.79 Å². The standard InChI is InChI=1S/C15H22N4O.HI/c1-16-15(17-2)18-10-5-8-14(20)19-11-9-12-6-3-4-7-13(12)19;/h3-4,6-7H,5,8-11H2,1-2H3,(H2,16,17,18);1H. The number of halogens is 1. The number of fused-ring (bicyclic) bond motifs is 1. The zero-order valence-electron chi connectivity index (χ0n) is 12.6. The molecule has 5 nitrogen and oxygen atoms in total. The minimum Gasteiger partial charge on any atom is -0.359 e. The van der Waals surface area contributed by atoms with Crippen LogP contribution in [-0.2, 0) is 11.2 Å². The molecule has 2 rings (SSSR count). The molecule has 1 aliphatic rings. The lowest BCUT2D eigenvalue weighted by Crippen LogP contribution is -2.36. The van der Waals surface area contributed by atoms with Gasteiger partial charge < -0.3 is 15.5 Å². The number of guanidine groups is 1. The van der Waals surface area contributed by atoms with E-state index < -0.39 is 0 Å². The molecule has 0 unspecified atom stereocenters. The maximum absolute atomic E-state index is 12.2. The van der Waals surface area contributed by atoms with Crippen molar-refractivity contribution >= 4 is 41.5 Å². The number of carbonyl (C=O) groups excluding carboxylic acids is 1. The molecule has 0 spiro atoms. The molecule has 0 aromatic heterocycles. The fraction of sp³-hybridized carbons (Fsp3) is 0.467. The number of carbonyl (C=O) groups is 1. The lowest BCUT2D eigenvalue weighted by atomic mass is 10.2.